The summed E-state index contributed by atoms with van der Waals surface area (Å²) in [6.07, 6.45) is 0. The lowest BCUT2D eigenvalue weighted by atomic mass is 10.4. The first kappa shape index (κ1) is 5.88. The second-order valence-electron chi connectivity index (χ2n) is 1.34. The zero-order chi connectivity index (χ0) is 4.99. The third kappa shape index (κ3) is 3.88. The van der Waals surface area contributed by atoms with E-state index in [2.05, 4.69) is 0 Å². The highest BCUT2D eigenvalue weighted by atomic mass is 16.5. The first-order valence-electron chi connectivity index (χ1n) is 1.90. The third-order valence-electron chi connectivity index (χ3n) is 0.413. The van der Waals surface area contributed by atoms with Crippen LogP contribution in [0.15, 0.2) is 0 Å². The maximum absolute atomic E-state index is 7.91. The van der Waals surface area contributed by atoms with Crippen molar-refractivity contribution in [3.05, 3.63) is 0 Å². The molecule has 1 unspecified atom stereocenters. The van der Waals surface area contributed by atoms with Crippen molar-refractivity contribution >= 4 is 0 Å². The summed E-state index contributed by atoms with van der Waals surface area (Å²) in [5, 5.41) is 7.91. The van der Waals surface area contributed by atoms with Gasteiger partial charge in [-0.3, -0.25) is 0 Å². The smallest absolute Gasteiger partial charge is 0.0356 e. The van der Waals surface area contributed by atoms with E-state index in [9.17, 15) is 0 Å². The summed E-state index contributed by atoms with van der Waals surface area (Å²) in [6, 6.07) is 0.0370. The summed E-state index contributed by atoms with van der Waals surface area (Å²) in [5.41, 5.74) is 7.12. The molecule has 0 aromatic heterocycles. The maximum Gasteiger partial charge on any atom is 0.0356 e. The largest absolute Gasteiger partial charge is 0.327 e. The zero-order valence-corrected chi connectivity index (χ0v) is 3.81. The molecule has 3 nitrogen and oxygen atoms in total. The standard InChI is InChI=1S/C3H10N2O/c1-3(4)2-5-6/h3,5-6H,2,4H2,1H3. The molecule has 38 valence electrons. The average Bonchev–Trinajstić information content (AvgIpc) is 1.35. The topological polar surface area (TPSA) is 58.3 Å². The SMILES string of the molecule is CC(N)CNO. The van der Waals surface area contributed by atoms with Crippen LogP contribution in [0.25, 0.3) is 0 Å². The Balaban J connectivity index is 2.63. The second-order valence-corrected chi connectivity index (χ2v) is 1.34. The van der Waals surface area contributed by atoms with Crippen molar-refractivity contribution in [3.63, 3.8) is 0 Å². The first-order chi connectivity index (χ1) is 2.77. The van der Waals surface area contributed by atoms with Crippen molar-refractivity contribution in [1.82, 2.24) is 5.48 Å². The zero-order valence-electron chi connectivity index (χ0n) is 3.81. The average molecular weight is 90.1 g/mol. The number of rotatable bonds is 2. The molecule has 0 heterocycles. The van der Waals surface area contributed by atoms with E-state index in [0.29, 0.717) is 6.54 Å². The molecular weight excluding hydrogens is 80.0 g/mol. The number of nitrogens with one attached hydrogen (secondary N) is 1. The van der Waals surface area contributed by atoms with Gasteiger partial charge in [-0.25, -0.2) is 5.48 Å². The van der Waals surface area contributed by atoms with Crippen LogP contribution in [0.3, 0.4) is 0 Å². The molecule has 0 aromatic carbocycles. The van der Waals surface area contributed by atoms with Crippen molar-refractivity contribution in [2.24, 2.45) is 5.73 Å². The van der Waals surface area contributed by atoms with E-state index < -0.39 is 0 Å². The van der Waals surface area contributed by atoms with E-state index in [-0.39, 0.29) is 6.04 Å². The fourth-order valence-electron chi connectivity index (χ4n) is 0.144. The van der Waals surface area contributed by atoms with Crippen molar-refractivity contribution in [3.8, 4) is 0 Å². The van der Waals surface area contributed by atoms with Gasteiger partial charge in [0.2, 0.25) is 0 Å². The van der Waals surface area contributed by atoms with Crippen LogP contribution in [0.2, 0.25) is 0 Å². The summed E-state index contributed by atoms with van der Waals surface area (Å²) in [6.45, 7) is 2.27. The van der Waals surface area contributed by atoms with Gasteiger partial charge in [-0.15, -0.1) is 0 Å². The highest BCUT2D eigenvalue weighted by molar-refractivity contribution is 4.49. The Morgan fingerprint density at radius 3 is 2.50 bits per heavy atom. The Kier molecular flexibility index (Phi) is 3.02. The summed E-state index contributed by atoms with van der Waals surface area (Å²) in [4.78, 5) is 0. The molecule has 0 aromatic rings. The summed E-state index contributed by atoms with van der Waals surface area (Å²) in [7, 11) is 0. The Morgan fingerprint density at radius 1 is 2.00 bits per heavy atom. The summed E-state index contributed by atoms with van der Waals surface area (Å²) in [5.74, 6) is 0. The minimum atomic E-state index is 0.0370. The molecule has 1 atom stereocenters. The van der Waals surface area contributed by atoms with E-state index in [4.69, 9.17) is 10.9 Å². The van der Waals surface area contributed by atoms with Gasteiger partial charge in [-0.2, -0.15) is 0 Å². The van der Waals surface area contributed by atoms with Gasteiger partial charge in [-0.05, 0) is 6.92 Å². The number of hydroxylamine groups is 1. The first-order valence-corrected chi connectivity index (χ1v) is 1.90. The van der Waals surface area contributed by atoms with Crippen molar-refractivity contribution in [1.29, 1.82) is 0 Å². The molecule has 0 fully saturated rings. The summed E-state index contributed by atoms with van der Waals surface area (Å²) >= 11 is 0. The van der Waals surface area contributed by atoms with Crippen LogP contribution >= 0.6 is 0 Å². The van der Waals surface area contributed by atoms with Crippen LogP contribution in [-0.4, -0.2) is 17.8 Å². The van der Waals surface area contributed by atoms with E-state index in [1.165, 1.54) is 0 Å². The lowest BCUT2D eigenvalue weighted by Crippen LogP contribution is -2.28. The molecule has 0 amide bonds. The maximum atomic E-state index is 7.91. The molecule has 4 N–H and O–H groups in total. The minimum Gasteiger partial charge on any atom is -0.327 e. The van der Waals surface area contributed by atoms with Gasteiger partial charge in [0.1, 0.15) is 0 Å². The van der Waals surface area contributed by atoms with Gasteiger partial charge in [0.25, 0.3) is 0 Å². The molecule has 3 heteroatoms. The monoisotopic (exact) mass is 90.1 g/mol. The molecule has 6 heavy (non-hydrogen) atoms. The van der Waals surface area contributed by atoms with Crippen LogP contribution in [0.4, 0.5) is 0 Å². The number of nitrogens with two attached hydrogens (primary N) is 1. The van der Waals surface area contributed by atoms with Crippen molar-refractivity contribution in [2.45, 2.75) is 13.0 Å². The quantitative estimate of drug-likeness (QED) is 0.393. The third-order valence-corrected chi connectivity index (χ3v) is 0.413. The van der Waals surface area contributed by atoms with E-state index in [0.717, 1.165) is 0 Å². The summed E-state index contributed by atoms with van der Waals surface area (Å²) < 4.78 is 0. The molecule has 0 radical (unpaired) electrons. The molecule has 0 aliphatic heterocycles. The van der Waals surface area contributed by atoms with Crippen LogP contribution in [0, 0.1) is 0 Å². The lowest BCUT2D eigenvalue weighted by molar-refractivity contribution is 0.162. The molecule has 0 rings (SSSR count). The Hall–Kier alpha value is -0.120. The predicted octanol–water partition coefficient (Wildman–Crippen LogP) is -0.688. The van der Waals surface area contributed by atoms with Crippen LogP contribution < -0.4 is 11.2 Å². The fourth-order valence-corrected chi connectivity index (χ4v) is 0.144. The van der Waals surface area contributed by atoms with Gasteiger partial charge < -0.3 is 10.9 Å². The van der Waals surface area contributed by atoms with Gasteiger partial charge in [0.15, 0.2) is 0 Å². The van der Waals surface area contributed by atoms with Crippen LogP contribution in [0.5, 0.6) is 0 Å². The van der Waals surface area contributed by atoms with Gasteiger partial charge in [0.05, 0.1) is 0 Å². The molecular formula is C3H10N2O. The molecule has 0 saturated heterocycles. The fraction of sp³-hybridized carbons (Fsp3) is 1.00. The Bertz CT molecular complexity index is 30.0. The lowest BCUT2D eigenvalue weighted by Gasteiger charge is -1.97. The second kappa shape index (κ2) is 3.08. The molecule has 0 spiro atoms. The van der Waals surface area contributed by atoms with Gasteiger partial charge >= 0.3 is 0 Å². The predicted molar refractivity (Wildman–Crippen MR) is 23.4 cm³/mol. The van der Waals surface area contributed by atoms with Crippen molar-refractivity contribution < 1.29 is 5.21 Å². The molecule has 0 aliphatic rings. The van der Waals surface area contributed by atoms with Crippen LogP contribution in [-0.2, 0) is 0 Å². The highest BCUT2D eigenvalue weighted by Gasteiger charge is 1.85. The number of hydrogen-bond donors (Lipinski definition) is 3. The van der Waals surface area contributed by atoms with E-state index in [1.807, 2.05) is 12.4 Å². The Morgan fingerprint density at radius 2 is 2.50 bits per heavy atom. The molecule has 0 aliphatic carbocycles. The van der Waals surface area contributed by atoms with E-state index >= 15 is 0 Å². The minimum absolute atomic E-state index is 0.0370. The van der Waals surface area contributed by atoms with Crippen LogP contribution in [0.1, 0.15) is 6.92 Å². The van der Waals surface area contributed by atoms with Gasteiger partial charge in [-0.1, -0.05) is 0 Å². The normalized spacial score (nSPS) is 14.5. The molecule has 0 bridgehead atoms. The molecule has 0 saturated carbocycles. The Labute approximate surface area is 37.1 Å². The van der Waals surface area contributed by atoms with Gasteiger partial charge in [0, 0.05) is 12.6 Å². The number of hydrogen-bond acceptors (Lipinski definition) is 3. The highest BCUT2D eigenvalue weighted by Crippen LogP contribution is 1.63. The van der Waals surface area contributed by atoms with Crippen molar-refractivity contribution in [2.75, 3.05) is 6.54 Å². The van der Waals surface area contributed by atoms with E-state index in [1.54, 1.807) is 0 Å².